The Bertz CT molecular complexity index is 840. The summed E-state index contributed by atoms with van der Waals surface area (Å²) >= 11 is 0. The number of carbonyl (C=O) groups is 2. The van der Waals surface area contributed by atoms with Crippen LogP contribution in [0.1, 0.15) is 39.5 Å². The van der Waals surface area contributed by atoms with Gasteiger partial charge in [0.05, 0.1) is 12.0 Å². The van der Waals surface area contributed by atoms with Gasteiger partial charge in [-0.25, -0.2) is 8.42 Å². The third-order valence-electron chi connectivity index (χ3n) is 4.64. The first kappa shape index (κ1) is 23.9. The minimum Gasteiger partial charge on any atom is -0.486 e. The van der Waals surface area contributed by atoms with Crippen LogP contribution in [0.3, 0.4) is 0 Å². The van der Waals surface area contributed by atoms with E-state index in [0.29, 0.717) is 50.5 Å². The van der Waals surface area contributed by atoms with Crippen LogP contribution < -0.4 is 19.5 Å². The van der Waals surface area contributed by atoms with E-state index in [1.54, 1.807) is 19.9 Å². The van der Waals surface area contributed by atoms with Gasteiger partial charge in [0.2, 0.25) is 15.9 Å². The Kier molecular flexibility index (Phi) is 8.91. The molecule has 1 atom stereocenters. The molecule has 2 rings (SSSR count). The number of carbonyl (C=O) groups excluding carboxylic acids is 2. The molecule has 1 amide bonds. The summed E-state index contributed by atoms with van der Waals surface area (Å²) in [7, 11) is -2.58. The van der Waals surface area contributed by atoms with Crippen molar-refractivity contribution in [2.45, 2.75) is 50.5 Å². The quantitative estimate of drug-likeness (QED) is 0.395. The number of esters is 1. The average molecular weight is 443 g/mol. The smallest absolute Gasteiger partial charge is 0.305 e. The number of benzene rings is 1. The Morgan fingerprint density at radius 3 is 2.47 bits per heavy atom. The lowest BCUT2D eigenvalue weighted by Gasteiger charge is -2.23. The Labute approximate surface area is 177 Å². The number of methoxy groups -OCH3 is 1. The summed E-state index contributed by atoms with van der Waals surface area (Å²) < 4.78 is 43.5. The molecule has 0 fully saturated rings. The first-order valence-electron chi connectivity index (χ1n) is 10.0. The normalized spacial score (nSPS) is 14.3. The number of sulfonamides is 1. The van der Waals surface area contributed by atoms with Gasteiger partial charge in [0.25, 0.3) is 0 Å². The predicted octanol–water partition coefficient (Wildman–Crippen LogP) is 1.61. The van der Waals surface area contributed by atoms with E-state index in [4.69, 9.17) is 9.47 Å². The molecule has 1 aromatic rings. The van der Waals surface area contributed by atoms with Crippen LogP contribution in [-0.2, 0) is 24.3 Å². The van der Waals surface area contributed by atoms with Crippen molar-refractivity contribution in [2.75, 3.05) is 26.9 Å². The van der Waals surface area contributed by atoms with Crippen molar-refractivity contribution in [3.63, 3.8) is 0 Å². The fourth-order valence-electron chi connectivity index (χ4n) is 2.91. The molecule has 1 heterocycles. The number of nitrogens with one attached hydrogen (secondary N) is 2. The van der Waals surface area contributed by atoms with Gasteiger partial charge in [-0.3, -0.25) is 9.59 Å². The molecule has 30 heavy (non-hydrogen) atoms. The number of fused-ring (bicyclic) bond motifs is 1. The molecule has 0 saturated carbocycles. The lowest BCUT2D eigenvalue weighted by Crippen LogP contribution is -2.49. The van der Waals surface area contributed by atoms with Crippen LogP contribution in [-0.4, -0.2) is 53.2 Å². The predicted molar refractivity (Wildman–Crippen MR) is 110 cm³/mol. The monoisotopic (exact) mass is 442 g/mol. The second kappa shape index (κ2) is 11.2. The van der Waals surface area contributed by atoms with Crippen molar-refractivity contribution in [1.29, 1.82) is 0 Å². The first-order valence-corrected chi connectivity index (χ1v) is 11.5. The van der Waals surface area contributed by atoms with E-state index in [-0.39, 0.29) is 22.7 Å². The highest BCUT2D eigenvalue weighted by Gasteiger charge is 2.29. The van der Waals surface area contributed by atoms with Crippen molar-refractivity contribution in [3.8, 4) is 11.5 Å². The molecule has 0 aliphatic carbocycles. The molecule has 0 bridgehead atoms. The van der Waals surface area contributed by atoms with Gasteiger partial charge in [-0.1, -0.05) is 20.3 Å². The molecular formula is C20H30N2O7S. The van der Waals surface area contributed by atoms with Gasteiger partial charge in [-0.05, 0) is 30.9 Å². The first-order chi connectivity index (χ1) is 14.2. The van der Waals surface area contributed by atoms with Crippen LogP contribution in [0, 0.1) is 5.92 Å². The maximum Gasteiger partial charge on any atom is 0.305 e. The summed E-state index contributed by atoms with van der Waals surface area (Å²) in [5, 5.41) is 2.76. The minimum absolute atomic E-state index is 0.00742. The van der Waals surface area contributed by atoms with Crippen LogP contribution in [0.5, 0.6) is 11.5 Å². The highest BCUT2D eigenvalue weighted by molar-refractivity contribution is 7.89. The van der Waals surface area contributed by atoms with E-state index >= 15 is 0 Å². The topological polar surface area (TPSA) is 120 Å². The summed E-state index contributed by atoms with van der Waals surface area (Å²) in [6, 6.07) is 3.44. The summed E-state index contributed by atoms with van der Waals surface area (Å²) in [5.41, 5.74) is 0. The number of rotatable bonds is 11. The van der Waals surface area contributed by atoms with Crippen molar-refractivity contribution < 1.29 is 32.2 Å². The van der Waals surface area contributed by atoms with Crippen LogP contribution in [0.4, 0.5) is 0 Å². The Hall–Kier alpha value is -2.33. The van der Waals surface area contributed by atoms with E-state index in [1.807, 2.05) is 0 Å². The third kappa shape index (κ3) is 6.88. The van der Waals surface area contributed by atoms with Gasteiger partial charge >= 0.3 is 5.97 Å². The van der Waals surface area contributed by atoms with Gasteiger partial charge in [-0.2, -0.15) is 4.72 Å². The molecule has 10 heteroatoms. The van der Waals surface area contributed by atoms with Crippen molar-refractivity contribution in [2.24, 2.45) is 5.92 Å². The molecule has 168 valence electrons. The Morgan fingerprint density at radius 2 is 1.80 bits per heavy atom. The molecule has 9 nitrogen and oxygen atoms in total. The van der Waals surface area contributed by atoms with Gasteiger partial charge in [0.15, 0.2) is 11.5 Å². The summed E-state index contributed by atoms with van der Waals surface area (Å²) in [6.45, 7) is 4.70. The lowest BCUT2D eigenvalue weighted by molar-refractivity contribution is -0.140. The number of unbranched alkanes of at least 4 members (excludes halogenated alkanes) is 2. The van der Waals surface area contributed by atoms with Crippen LogP contribution >= 0.6 is 0 Å². The molecule has 1 aliphatic heterocycles. The fraction of sp³-hybridized carbons (Fsp3) is 0.600. The largest absolute Gasteiger partial charge is 0.486 e. The number of amides is 1. The molecule has 0 saturated heterocycles. The van der Waals surface area contributed by atoms with E-state index in [0.717, 1.165) is 6.42 Å². The fourth-order valence-corrected chi connectivity index (χ4v) is 4.27. The Morgan fingerprint density at radius 1 is 1.10 bits per heavy atom. The molecule has 0 radical (unpaired) electrons. The summed E-state index contributed by atoms with van der Waals surface area (Å²) in [5.74, 6) is -0.0463. The zero-order valence-electron chi connectivity index (χ0n) is 17.6. The summed E-state index contributed by atoms with van der Waals surface area (Å²) in [6.07, 6.45) is 2.45. The molecular weight excluding hydrogens is 412 g/mol. The van der Waals surface area contributed by atoms with Crippen molar-refractivity contribution in [3.05, 3.63) is 18.2 Å². The SMILES string of the molecule is COC(=O)CCCCCNC(=O)[C@@H](NS(=O)(=O)c1ccc2c(c1)OCCO2)C(C)C. The minimum atomic E-state index is -3.93. The lowest BCUT2D eigenvalue weighted by atomic mass is 10.0. The van der Waals surface area contributed by atoms with E-state index in [9.17, 15) is 18.0 Å². The molecule has 0 spiro atoms. The second-order valence-corrected chi connectivity index (χ2v) is 9.04. The maximum atomic E-state index is 12.8. The van der Waals surface area contributed by atoms with Crippen LogP contribution in [0.2, 0.25) is 0 Å². The van der Waals surface area contributed by atoms with Gasteiger partial charge in [0.1, 0.15) is 19.3 Å². The zero-order chi connectivity index (χ0) is 22.1. The highest BCUT2D eigenvalue weighted by Crippen LogP contribution is 2.32. The summed E-state index contributed by atoms with van der Waals surface area (Å²) in [4.78, 5) is 23.6. The number of hydrogen-bond donors (Lipinski definition) is 2. The van der Waals surface area contributed by atoms with Gasteiger partial charge < -0.3 is 19.5 Å². The highest BCUT2D eigenvalue weighted by atomic mass is 32.2. The molecule has 0 unspecified atom stereocenters. The zero-order valence-corrected chi connectivity index (χ0v) is 18.4. The van der Waals surface area contributed by atoms with Crippen LogP contribution in [0.15, 0.2) is 23.1 Å². The van der Waals surface area contributed by atoms with E-state index < -0.39 is 16.1 Å². The maximum absolute atomic E-state index is 12.8. The average Bonchev–Trinajstić information content (AvgIpc) is 2.73. The Balaban J connectivity index is 1.92. The van der Waals surface area contributed by atoms with Crippen molar-refractivity contribution in [1.82, 2.24) is 10.0 Å². The molecule has 2 N–H and O–H groups in total. The second-order valence-electron chi connectivity index (χ2n) is 7.33. The van der Waals surface area contributed by atoms with E-state index in [1.165, 1.54) is 19.2 Å². The van der Waals surface area contributed by atoms with Crippen molar-refractivity contribution >= 4 is 21.9 Å². The van der Waals surface area contributed by atoms with E-state index in [2.05, 4.69) is 14.8 Å². The molecule has 1 aliphatic rings. The standard InChI is InChI=1S/C20H30N2O7S/c1-14(2)19(20(24)21-10-6-4-5-7-18(23)27-3)22-30(25,26)15-8-9-16-17(13-15)29-12-11-28-16/h8-9,13-14,19,22H,4-7,10-12H2,1-3H3,(H,21,24)/t19-/m0/s1. The number of ether oxygens (including phenoxy) is 3. The molecule has 0 aromatic heterocycles. The molecule has 1 aromatic carbocycles. The number of hydrogen-bond acceptors (Lipinski definition) is 7. The van der Waals surface area contributed by atoms with Crippen LogP contribution in [0.25, 0.3) is 0 Å². The van der Waals surface area contributed by atoms with Gasteiger partial charge in [-0.15, -0.1) is 0 Å². The van der Waals surface area contributed by atoms with Gasteiger partial charge in [0, 0.05) is 19.0 Å². The third-order valence-corrected chi connectivity index (χ3v) is 6.08.